The molecule has 0 radical (unpaired) electrons. The van der Waals surface area contributed by atoms with E-state index in [4.69, 9.17) is 4.74 Å². The topological polar surface area (TPSA) is 98.1 Å². The van der Waals surface area contributed by atoms with Crippen LogP contribution in [0.15, 0.2) is 53.7 Å². The Morgan fingerprint density at radius 1 is 1.12 bits per heavy atom. The Bertz CT molecular complexity index is 1130. The number of nitrogens with one attached hydrogen (secondary N) is 2. The molecule has 33 heavy (non-hydrogen) atoms. The van der Waals surface area contributed by atoms with Crippen LogP contribution < -0.4 is 15.4 Å². The zero-order chi connectivity index (χ0) is 24.0. The standard InChI is InChI=1S/C21H20F3N5O3S/c1-29-17(11-25-19(31)13-6-8-16(32-2)9-7-13)27-28-20(29)33-12-18(30)26-15-5-3-4-14(10-15)21(22,23)24/h3-10H,11-12H2,1-2H3,(H,25,31)(H,26,30). The van der Waals surface area contributed by atoms with Crippen LogP contribution in [0.5, 0.6) is 5.75 Å². The molecule has 0 fully saturated rings. The number of ether oxygens (including phenoxy) is 1. The number of carbonyl (C=O) groups excluding carboxylic acids is 2. The van der Waals surface area contributed by atoms with Gasteiger partial charge in [-0.25, -0.2) is 0 Å². The Kier molecular flexibility index (Phi) is 7.59. The molecule has 3 aromatic rings. The molecule has 0 aliphatic rings. The van der Waals surface area contributed by atoms with E-state index in [9.17, 15) is 22.8 Å². The van der Waals surface area contributed by atoms with Crippen LogP contribution in [0.4, 0.5) is 18.9 Å². The summed E-state index contributed by atoms with van der Waals surface area (Å²) in [5.41, 5.74) is -0.336. The number of hydrogen-bond donors (Lipinski definition) is 2. The number of aromatic nitrogens is 3. The van der Waals surface area contributed by atoms with Gasteiger partial charge in [0.1, 0.15) is 5.75 Å². The molecule has 0 saturated heterocycles. The number of rotatable bonds is 8. The van der Waals surface area contributed by atoms with E-state index >= 15 is 0 Å². The van der Waals surface area contributed by atoms with Gasteiger partial charge in [-0.05, 0) is 42.5 Å². The van der Waals surface area contributed by atoms with Crippen molar-refractivity contribution in [1.82, 2.24) is 20.1 Å². The third-order valence-corrected chi connectivity index (χ3v) is 5.51. The first-order valence-electron chi connectivity index (χ1n) is 9.58. The Morgan fingerprint density at radius 3 is 2.52 bits per heavy atom. The summed E-state index contributed by atoms with van der Waals surface area (Å²) in [5, 5.41) is 13.6. The van der Waals surface area contributed by atoms with Gasteiger partial charge in [0.05, 0.1) is 25.0 Å². The maximum absolute atomic E-state index is 12.8. The zero-order valence-electron chi connectivity index (χ0n) is 17.6. The highest BCUT2D eigenvalue weighted by Crippen LogP contribution is 2.30. The van der Waals surface area contributed by atoms with Crippen LogP contribution >= 0.6 is 11.8 Å². The van der Waals surface area contributed by atoms with E-state index in [-0.39, 0.29) is 23.9 Å². The summed E-state index contributed by atoms with van der Waals surface area (Å²) < 4.78 is 45.1. The van der Waals surface area contributed by atoms with Crippen molar-refractivity contribution in [3.8, 4) is 5.75 Å². The number of benzene rings is 2. The molecule has 0 aliphatic heterocycles. The van der Waals surface area contributed by atoms with Gasteiger partial charge in [-0.3, -0.25) is 9.59 Å². The second kappa shape index (κ2) is 10.4. The number of thioether (sulfide) groups is 1. The van der Waals surface area contributed by atoms with Gasteiger partial charge in [0.2, 0.25) is 5.91 Å². The number of halogens is 3. The van der Waals surface area contributed by atoms with Gasteiger partial charge in [0, 0.05) is 18.3 Å². The molecule has 1 aromatic heterocycles. The summed E-state index contributed by atoms with van der Waals surface area (Å²) in [5.74, 6) is 0.240. The quantitative estimate of drug-likeness (QED) is 0.480. The Morgan fingerprint density at radius 2 is 1.85 bits per heavy atom. The lowest BCUT2D eigenvalue weighted by molar-refractivity contribution is -0.137. The molecule has 0 bridgehead atoms. The van der Waals surface area contributed by atoms with Crippen molar-refractivity contribution in [2.24, 2.45) is 7.05 Å². The van der Waals surface area contributed by atoms with Gasteiger partial charge in [-0.15, -0.1) is 10.2 Å². The van der Waals surface area contributed by atoms with Crippen molar-refractivity contribution in [1.29, 1.82) is 0 Å². The van der Waals surface area contributed by atoms with E-state index in [0.29, 0.717) is 22.3 Å². The van der Waals surface area contributed by atoms with Gasteiger partial charge >= 0.3 is 6.18 Å². The molecule has 2 amide bonds. The van der Waals surface area contributed by atoms with E-state index in [1.807, 2.05) is 0 Å². The van der Waals surface area contributed by atoms with Gasteiger partial charge in [0.25, 0.3) is 5.91 Å². The predicted octanol–water partition coefficient (Wildman–Crippen LogP) is 3.50. The first kappa shape index (κ1) is 24.1. The minimum absolute atomic E-state index is 0.0512. The predicted molar refractivity (Wildman–Crippen MR) is 116 cm³/mol. The fourth-order valence-electron chi connectivity index (χ4n) is 2.73. The van der Waals surface area contributed by atoms with Gasteiger partial charge in [-0.2, -0.15) is 13.2 Å². The molecule has 2 aromatic carbocycles. The van der Waals surface area contributed by atoms with Crippen molar-refractivity contribution in [2.75, 3.05) is 18.2 Å². The maximum atomic E-state index is 12.8. The fourth-order valence-corrected chi connectivity index (χ4v) is 3.46. The number of amides is 2. The van der Waals surface area contributed by atoms with Crippen molar-refractivity contribution in [2.45, 2.75) is 17.9 Å². The summed E-state index contributed by atoms with van der Waals surface area (Å²) in [4.78, 5) is 24.4. The van der Waals surface area contributed by atoms with Crippen molar-refractivity contribution >= 4 is 29.3 Å². The molecule has 8 nitrogen and oxygen atoms in total. The first-order valence-corrected chi connectivity index (χ1v) is 10.6. The highest BCUT2D eigenvalue weighted by Gasteiger charge is 2.30. The lowest BCUT2D eigenvalue weighted by Crippen LogP contribution is -2.24. The zero-order valence-corrected chi connectivity index (χ0v) is 18.5. The molecule has 0 atom stereocenters. The molecule has 2 N–H and O–H groups in total. The van der Waals surface area contributed by atoms with Gasteiger partial charge in [0.15, 0.2) is 11.0 Å². The minimum atomic E-state index is -4.49. The van der Waals surface area contributed by atoms with Crippen LogP contribution in [0.2, 0.25) is 0 Å². The minimum Gasteiger partial charge on any atom is -0.497 e. The highest BCUT2D eigenvalue weighted by atomic mass is 32.2. The molecule has 0 unspecified atom stereocenters. The summed E-state index contributed by atoms with van der Waals surface area (Å²) >= 11 is 1.07. The van der Waals surface area contributed by atoms with Gasteiger partial charge < -0.3 is 19.9 Å². The van der Waals surface area contributed by atoms with Crippen LogP contribution in [-0.2, 0) is 24.6 Å². The summed E-state index contributed by atoms with van der Waals surface area (Å²) in [6.45, 7) is 0.116. The number of methoxy groups -OCH3 is 1. The molecule has 0 spiro atoms. The average molecular weight is 479 g/mol. The van der Waals surface area contributed by atoms with E-state index in [0.717, 1.165) is 23.9 Å². The van der Waals surface area contributed by atoms with E-state index in [2.05, 4.69) is 20.8 Å². The molecule has 174 valence electrons. The largest absolute Gasteiger partial charge is 0.497 e. The number of hydrogen-bond acceptors (Lipinski definition) is 6. The number of anilines is 1. The first-order chi connectivity index (χ1) is 15.7. The average Bonchev–Trinajstić information content (AvgIpc) is 3.15. The Hall–Kier alpha value is -3.54. The van der Waals surface area contributed by atoms with Crippen molar-refractivity contribution in [3.63, 3.8) is 0 Å². The van der Waals surface area contributed by atoms with Crippen LogP contribution in [0.1, 0.15) is 21.7 Å². The fraction of sp³-hybridized carbons (Fsp3) is 0.238. The molecular weight excluding hydrogens is 459 g/mol. The third-order valence-electron chi connectivity index (χ3n) is 4.49. The molecule has 0 saturated carbocycles. The number of nitrogens with zero attached hydrogens (tertiary/aromatic N) is 3. The van der Waals surface area contributed by atoms with Crippen molar-refractivity contribution in [3.05, 3.63) is 65.5 Å². The molecule has 0 aliphatic carbocycles. The molecule has 3 rings (SSSR count). The lowest BCUT2D eigenvalue weighted by Gasteiger charge is -2.10. The molecular formula is C21H20F3N5O3S. The highest BCUT2D eigenvalue weighted by molar-refractivity contribution is 7.99. The normalized spacial score (nSPS) is 11.2. The molecule has 1 heterocycles. The second-order valence-electron chi connectivity index (χ2n) is 6.78. The number of carbonyl (C=O) groups is 2. The Balaban J connectivity index is 1.52. The van der Waals surface area contributed by atoms with Crippen molar-refractivity contribution < 1.29 is 27.5 Å². The summed E-state index contributed by atoms with van der Waals surface area (Å²) in [6, 6.07) is 11.0. The summed E-state index contributed by atoms with van der Waals surface area (Å²) in [6.07, 6.45) is -4.49. The van der Waals surface area contributed by atoms with E-state index < -0.39 is 17.6 Å². The van der Waals surface area contributed by atoms with Gasteiger partial charge in [-0.1, -0.05) is 17.8 Å². The van der Waals surface area contributed by atoms with Crippen LogP contribution in [0.25, 0.3) is 0 Å². The van der Waals surface area contributed by atoms with E-state index in [1.54, 1.807) is 35.9 Å². The smallest absolute Gasteiger partial charge is 0.416 e. The maximum Gasteiger partial charge on any atom is 0.416 e. The van der Waals surface area contributed by atoms with E-state index in [1.165, 1.54) is 19.2 Å². The lowest BCUT2D eigenvalue weighted by atomic mass is 10.2. The summed E-state index contributed by atoms with van der Waals surface area (Å²) in [7, 11) is 3.22. The monoisotopic (exact) mass is 479 g/mol. The SMILES string of the molecule is COc1ccc(C(=O)NCc2nnc(SCC(=O)Nc3cccc(C(F)(F)F)c3)n2C)cc1. The Labute approximate surface area is 191 Å². The molecule has 12 heteroatoms. The van der Waals surface area contributed by atoms with Crippen LogP contribution in [0.3, 0.4) is 0 Å². The number of alkyl halides is 3. The van der Waals surface area contributed by atoms with Crippen LogP contribution in [-0.4, -0.2) is 39.4 Å². The van der Waals surface area contributed by atoms with Crippen LogP contribution in [0, 0.1) is 0 Å². The second-order valence-corrected chi connectivity index (χ2v) is 7.73. The third kappa shape index (κ3) is 6.48.